The molecule has 8 heteroatoms. The molecule has 1 fully saturated rings. The number of nitrogens with zero attached hydrogens (tertiary/aromatic N) is 1. The summed E-state index contributed by atoms with van der Waals surface area (Å²) >= 11 is 3.30. The highest BCUT2D eigenvalue weighted by Gasteiger charge is 2.29. The summed E-state index contributed by atoms with van der Waals surface area (Å²) < 4.78 is 32.3. The van der Waals surface area contributed by atoms with E-state index >= 15 is 0 Å². The maximum absolute atomic E-state index is 12.6. The number of piperidine rings is 1. The summed E-state index contributed by atoms with van der Waals surface area (Å²) in [7, 11) is -1.91. The normalized spacial score (nSPS) is 17.1. The number of carbonyl (C=O) groups excluding carboxylic acids is 1. The predicted molar refractivity (Wildman–Crippen MR) is 90.6 cm³/mol. The number of hydrogen-bond acceptors (Lipinski definition) is 4. The highest BCUT2D eigenvalue weighted by molar-refractivity contribution is 9.10. The van der Waals surface area contributed by atoms with Crippen LogP contribution < -0.4 is 5.32 Å². The number of sulfonamides is 1. The van der Waals surface area contributed by atoms with Crippen LogP contribution in [0.2, 0.25) is 0 Å². The fraction of sp³-hybridized carbons (Fsp3) is 0.533. The monoisotopic (exact) mass is 404 g/mol. The Hall–Kier alpha value is -0.960. The van der Waals surface area contributed by atoms with Crippen molar-refractivity contribution in [1.29, 1.82) is 0 Å². The fourth-order valence-corrected chi connectivity index (χ4v) is 4.22. The summed E-state index contributed by atoms with van der Waals surface area (Å²) in [6.45, 7) is 1.21. The van der Waals surface area contributed by atoms with E-state index in [-0.39, 0.29) is 11.9 Å². The number of ether oxygens (including phenoxy) is 1. The summed E-state index contributed by atoms with van der Waals surface area (Å²) in [5.74, 6) is -0.0546. The second-order valence-electron chi connectivity index (χ2n) is 5.44. The zero-order valence-corrected chi connectivity index (χ0v) is 15.4. The lowest BCUT2D eigenvalue weighted by Gasteiger charge is -2.31. The van der Waals surface area contributed by atoms with Crippen LogP contribution in [0.1, 0.15) is 19.3 Å². The van der Waals surface area contributed by atoms with Gasteiger partial charge in [0.05, 0.1) is 11.5 Å². The molecule has 0 unspecified atom stereocenters. The quantitative estimate of drug-likeness (QED) is 0.783. The minimum absolute atomic E-state index is 0.0238. The summed E-state index contributed by atoms with van der Waals surface area (Å²) in [6, 6.07) is 6.65. The third kappa shape index (κ3) is 5.00. The van der Waals surface area contributed by atoms with E-state index < -0.39 is 10.0 Å². The van der Waals surface area contributed by atoms with Gasteiger partial charge >= 0.3 is 0 Å². The predicted octanol–water partition coefficient (Wildman–Crippen LogP) is 1.75. The van der Waals surface area contributed by atoms with Crippen LogP contribution >= 0.6 is 15.9 Å². The molecular weight excluding hydrogens is 384 g/mol. The zero-order valence-electron chi connectivity index (χ0n) is 13.0. The van der Waals surface area contributed by atoms with Crippen molar-refractivity contribution in [3.05, 3.63) is 28.7 Å². The molecule has 1 aromatic carbocycles. The van der Waals surface area contributed by atoms with Gasteiger partial charge in [-0.1, -0.05) is 15.9 Å². The average molecular weight is 405 g/mol. The van der Waals surface area contributed by atoms with Crippen molar-refractivity contribution in [1.82, 2.24) is 9.62 Å². The molecule has 1 N–H and O–H groups in total. The van der Waals surface area contributed by atoms with Crippen LogP contribution in [0.4, 0.5) is 0 Å². The fourth-order valence-electron chi connectivity index (χ4n) is 2.49. The topological polar surface area (TPSA) is 75.7 Å². The number of rotatable bonds is 6. The van der Waals surface area contributed by atoms with Crippen molar-refractivity contribution in [3.8, 4) is 0 Å². The molecule has 0 spiro atoms. The van der Waals surface area contributed by atoms with E-state index in [1.54, 1.807) is 31.4 Å². The molecule has 0 bridgehead atoms. The van der Waals surface area contributed by atoms with Crippen molar-refractivity contribution in [2.24, 2.45) is 0 Å². The molecule has 23 heavy (non-hydrogen) atoms. The molecule has 128 valence electrons. The Balaban J connectivity index is 1.91. The van der Waals surface area contributed by atoms with Crippen LogP contribution in [0.25, 0.3) is 0 Å². The van der Waals surface area contributed by atoms with E-state index in [9.17, 15) is 13.2 Å². The molecule has 0 aliphatic carbocycles. The summed E-state index contributed by atoms with van der Waals surface area (Å²) in [5, 5.41) is 2.93. The Bertz CT molecular complexity index is 625. The molecule has 1 aromatic rings. The Kier molecular flexibility index (Phi) is 6.58. The molecule has 0 radical (unpaired) electrons. The van der Waals surface area contributed by atoms with Gasteiger partial charge in [0.15, 0.2) is 0 Å². The Morgan fingerprint density at radius 3 is 2.48 bits per heavy atom. The highest BCUT2D eigenvalue weighted by atomic mass is 79.9. The van der Waals surface area contributed by atoms with Gasteiger partial charge in [-0.3, -0.25) is 4.79 Å². The molecule has 0 saturated carbocycles. The molecule has 1 aliphatic heterocycles. The average Bonchev–Trinajstić information content (AvgIpc) is 2.54. The minimum Gasteiger partial charge on any atom is -0.384 e. The largest absolute Gasteiger partial charge is 0.384 e. The lowest BCUT2D eigenvalue weighted by molar-refractivity contribution is -0.122. The molecule has 1 aliphatic rings. The number of methoxy groups -OCH3 is 1. The molecule has 2 rings (SSSR count). The number of benzene rings is 1. The van der Waals surface area contributed by atoms with Crippen molar-refractivity contribution in [2.45, 2.75) is 30.2 Å². The highest BCUT2D eigenvalue weighted by Crippen LogP contribution is 2.22. The molecule has 1 saturated heterocycles. The van der Waals surface area contributed by atoms with E-state index in [1.807, 2.05) is 0 Å². The second-order valence-corrected chi connectivity index (χ2v) is 8.30. The second kappa shape index (κ2) is 8.23. The molecular formula is C15H21BrN2O4S. The van der Waals surface area contributed by atoms with E-state index in [4.69, 9.17) is 4.74 Å². The van der Waals surface area contributed by atoms with Gasteiger partial charge in [0, 0.05) is 37.1 Å². The standard InChI is InChI=1S/C15H21BrN2O4S/c1-22-11-8-15(19)17-13-6-9-18(10-7-13)23(20,21)14-4-2-12(16)3-5-14/h2-5,13H,6-11H2,1H3,(H,17,19). The number of amides is 1. The number of halogens is 1. The number of nitrogens with one attached hydrogen (secondary N) is 1. The van der Waals surface area contributed by atoms with Gasteiger partial charge in [-0.25, -0.2) is 8.42 Å². The number of carbonyl (C=O) groups is 1. The van der Waals surface area contributed by atoms with E-state index in [0.717, 1.165) is 4.47 Å². The van der Waals surface area contributed by atoms with Gasteiger partial charge in [-0.2, -0.15) is 4.31 Å². The van der Waals surface area contributed by atoms with E-state index in [1.165, 1.54) is 4.31 Å². The first-order valence-electron chi connectivity index (χ1n) is 7.47. The smallest absolute Gasteiger partial charge is 0.243 e. The third-order valence-electron chi connectivity index (χ3n) is 3.80. The maximum atomic E-state index is 12.6. The molecule has 0 aromatic heterocycles. The first-order chi connectivity index (χ1) is 10.9. The Labute approximate surface area is 145 Å². The Morgan fingerprint density at radius 1 is 1.30 bits per heavy atom. The molecule has 0 atom stereocenters. The van der Waals surface area contributed by atoms with Gasteiger partial charge in [-0.15, -0.1) is 0 Å². The van der Waals surface area contributed by atoms with Crippen LogP contribution in [0.3, 0.4) is 0 Å². The van der Waals surface area contributed by atoms with Crippen LogP contribution in [0.15, 0.2) is 33.6 Å². The molecule has 6 nitrogen and oxygen atoms in total. The van der Waals surface area contributed by atoms with Crippen molar-refractivity contribution >= 4 is 31.9 Å². The molecule has 1 heterocycles. The summed E-state index contributed by atoms with van der Waals surface area (Å²) in [5.41, 5.74) is 0. The van der Waals surface area contributed by atoms with Crippen molar-refractivity contribution in [2.75, 3.05) is 26.8 Å². The number of hydrogen-bond donors (Lipinski definition) is 1. The van der Waals surface area contributed by atoms with Crippen LogP contribution in [0.5, 0.6) is 0 Å². The van der Waals surface area contributed by atoms with E-state index in [0.29, 0.717) is 43.9 Å². The first kappa shape index (κ1) is 18.4. The van der Waals surface area contributed by atoms with Crippen LogP contribution in [-0.4, -0.2) is 51.5 Å². The summed E-state index contributed by atoms with van der Waals surface area (Å²) in [4.78, 5) is 12.0. The SMILES string of the molecule is COCCC(=O)NC1CCN(S(=O)(=O)c2ccc(Br)cc2)CC1. The zero-order chi connectivity index (χ0) is 16.9. The molecule has 1 amide bonds. The van der Waals surface area contributed by atoms with Crippen LogP contribution in [-0.2, 0) is 19.6 Å². The van der Waals surface area contributed by atoms with Crippen LogP contribution in [0, 0.1) is 0 Å². The Morgan fingerprint density at radius 2 is 1.91 bits per heavy atom. The van der Waals surface area contributed by atoms with Crippen molar-refractivity contribution in [3.63, 3.8) is 0 Å². The van der Waals surface area contributed by atoms with Gasteiger partial charge < -0.3 is 10.1 Å². The lowest BCUT2D eigenvalue weighted by Crippen LogP contribution is -2.46. The first-order valence-corrected chi connectivity index (χ1v) is 9.71. The van der Waals surface area contributed by atoms with Gasteiger partial charge in [0.2, 0.25) is 15.9 Å². The van der Waals surface area contributed by atoms with Gasteiger partial charge in [0.25, 0.3) is 0 Å². The van der Waals surface area contributed by atoms with E-state index in [2.05, 4.69) is 21.2 Å². The third-order valence-corrected chi connectivity index (χ3v) is 6.25. The minimum atomic E-state index is -3.47. The van der Waals surface area contributed by atoms with Gasteiger partial charge in [0.1, 0.15) is 0 Å². The lowest BCUT2D eigenvalue weighted by atomic mass is 10.1. The van der Waals surface area contributed by atoms with Crippen molar-refractivity contribution < 1.29 is 17.9 Å². The summed E-state index contributed by atoms with van der Waals surface area (Å²) in [6.07, 6.45) is 1.57. The van der Waals surface area contributed by atoms with Gasteiger partial charge in [-0.05, 0) is 37.1 Å². The maximum Gasteiger partial charge on any atom is 0.243 e.